The van der Waals surface area contributed by atoms with Crippen LogP contribution in [0.15, 0.2) is 35.1 Å². The molecule has 1 aliphatic carbocycles. The summed E-state index contributed by atoms with van der Waals surface area (Å²) in [6.45, 7) is 3.40. The van der Waals surface area contributed by atoms with Gasteiger partial charge in [-0.25, -0.2) is 4.98 Å². The summed E-state index contributed by atoms with van der Waals surface area (Å²) in [7, 11) is 0. The summed E-state index contributed by atoms with van der Waals surface area (Å²) in [5.41, 5.74) is 2.77. The first-order valence-electron chi connectivity index (χ1n) is 8.64. The van der Waals surface area contributed by atoms with Crippen molar-refractivity contribution in [3.8, 4) is 0 Å². The maximum atomic E-state index is 13.1. The van der Waals surface area contributed by atoms with Crippen molar-refractivity contribution in [1.29, 1.82) is 0 Å². The van der Waals surface area contributed by atoms with Crippen molar-refractivity contribution in [3.05, 3.63) is 53.2 Å². The van der Waals surface area contributed by atoms with E-state index in [9.17, 15) is 4.79 Å². The monoisotopic (exact) mass is 326 g/mol. The van der Waals surface area contributed by atoms with Gasteiger partial charge in [0.15, 0.2) is 17.8 Å². The molecule has 1 aromatic carbocycles. The maximum Gasteiger partial charge on any atom is 0.276 e. The Hall–Kier alpha value is -2.14. The van der Waals surface area contributed by atoms with Crippen LogP contribution in [-0.4, -0.2) is 28.4 Å². The molecule has 2 aliphatic rings. The summed E-state index contributed by atoms with van der Waals surface area (Å²) >= 11 is 0. The third kappa shape index (κ3) is 3.08. The molecule has 1 aromatic heterocycles. The summed E-state index contributed by atoms with van der Waals surface area (Å²) in [4.78, 5) is 19.3. The molecular weight excluding hydrogens is 304 g/mol. The highest BCUT2D eigenvalue weighted by molar-refractivity contribution is 5.93. The van der Waals surface area contributed by atoms with Crippen LogP contribution in [0.5, 0.6) is 0 Å². The van der Waals surface area contributed by atoms with E-state index in [2.05, 4.69) is 30.1 Å². The van der Waals surface area contributed by atoms with Crippen molar-refractivity contribution >= 4 is 5.91 Å². The number of amides is 1. The van der Waals surface area contributed by atoms with Crippen molar-refractivity contribution in [2.45, 2.75) is 51.3 Å². The molecule has 24 heavy (non-hydrogen) atoms. The summed E-state index contributed by atoms with van der Waals surface area (Å²) in [5, 5.41) is 0. The first kappa shape index (κ1) is 15.4. The van der Waals surface area contributed by atoms with Gasteiger partial charge in [-0.15, -0.1) is 0 Å². The van der Waals surface area contributed by atoms with Gasteiger partial charge in [0, 0.05) is 19.2 Å². The average molecular weight is 326 g/mol. The second-order valence-electron chi connectivity index (χ2n) is 6.72. The third-order valence-electron chi connectivity index (χ3n) is 4.70. The molecule has 1 unspecified atom stereocenters. The average Bonchev–Trinajstić information content (AvgIpc) is 3.08. The fourth-order valence-electron chi connectivity index (χ4n) is 3.32. The lowest BCUT2D eigenvalue weighted by Crippen LogP contribution is -2.33. The molecule has 5 nitrogen and oxygen atoms in total. The molecule has 1 amide bonds. The first-order valence-corrected chi connectivity index (χ1v) is 8.64. The van der Waals surface area contributed by atoms with Crippen LogP contribution in [0.3, 0.4) is 0 Å². The molecule has 1 aliphatic heterocycles. The zero-order valence-corrected chi connectivity index (χ0v) is 13.9. The normalized spacial score (nSPS) is 20.3. The van der Waals surface area contributed by atoms with E-state index in [0.717, 1.165) is 31.2 Å². The highest BCUT2D eigenvalue weighted by Gasteiger charge is 2.37. The third-order valence-corrected chi connectivity index (χ3v) is 4.70. The molecule has 1 atom stereocenters. The summed E-state index contributed by atoms with van der Waals surface area (Å²) < 4.78 is 11.2. The molecule has 126 valence electrons. The van der Waals surface area contributed by atoms with E-state index < -0.39 is 0 Å². The fraction of sp³-hybridized carbons (Fsp3) is 0.474. The van der Waals surface area contributed by atoms with Gasteiger partial charge < -0.3 is 14.1 Å². The minimum atomic E-state index is -0.133. The highest BCUT2D eigenvalue weighted by Crippen LogP contribution is 2.34. The number of ether oxygens (including phenoxy) is 1. The van der Waals surface area contributed by atoms with Crippen LogP contribution in [0.4, 0.5) is 0 Å². The highest BCUT2D eigenvalue weighted by atomic mass is 16.5. The molecule has 1 saturated carbocycles. The zero-order valence-electron chi connectivity index (χ0n) is 13.9. The standard InChI is InChI=1S/C19H22N2O3/c1-13-4-2-5-14(10-13)11-21(15-7-8-15)19(22)17-18(24-12-20-17)16-6-3-9-23-16/h2,4-5,10,12,15-16H,3,6-9,11H2,1H3. The van der Waals surface area contributed by atoms with Crippen molar-refractivity contribution in [3.63, 3.8) is 0 Å². The van der Waals surface area contributed by atoms with E-state index in [0.29, 0.717) is 30.6 Å². The van der Waals surface area contributed by atoms with Gasteiger partial charge in [-0.1, -0.05) is 29.8 Å². The van der Waals surface area contributed by atoms with Gasteiger partial charge >= 0.3 is 0 Å². The number of rotatable bonds is 5. The van der Waals surface area contributed by atoms with E-state index in [1.165, 1.54) is 12.0 Å². The number of carbonyl (C=O) groups is 1. The minimum absolute atomic E-state index is 0.0433. The first-order chi connectivity index (χ1) is 11.7. The topological polar surface area (TPSA) is 55.6 Å². The lowest BCUT2D eigenvalue weighted by Gasteiger charge is -2.22. The Morgan fingerprint density at radius 3 is 2.92 bits per heavy atom. The zero-order chi connectivity index (χ0) is 16.5. The number of hydrogen-bond donors (Lipinski definition) is 0. The van der Waals surface area contributed by atoms with Crippen LogP contribution in [0, 0.1) is 6.92 Å². The Morgan fingerprint density at radius 2 is 2.21 bits per heavy atom. The molecule has 2 fully saturated rings. The molecule has 0 radical (unpaired) electrons. The Balaban J connectivity index is 1.58. The van der Waals surface area contributed by atoms with Crippen LogP contribution in [0.25, 0.3) is 0 Å². The second-order valence-corrected chi connectivity index (χ2v) is 6.72. The smallest absolute Gasteiger partial charge is 0.276 e. The van der Waals surface area contributed by atoms with Crippen molar-refractivity contribution in [2.24, 2.45) is 0 Å². The molecule has 5 heteroatoms. The Bertz CT molecular complexity index is 730. The van der Waals surface area contributed by atoms with Crippen molar-refractivity contribution in [1.82, 2.24) is 9.88 Å². The number of hydrogen-bond acceptors (Lipinski definition) is 4. The maximum absolute atomic E-state index is 13.1. The number of oxazole rings is 1. The van der Waals surface area contributed by atoms with Gasteiger partial charge in [0.2, 0.25) is 0 Å². The van der Waals surface area contributed by atoms with E-state index in [4.69, 9.17) is 9.15 Å². The van der Waals surface area contributed by atoms with E-state index >= 15 is 0 Å². The van der Waals surface area contributed by atoms with Crippen LogP contribution in [0.1, 0.15) is 59.2 Å². The van der Waals surface area contributed by atoms with Crippen LogP contribution in [0.2, 0.25) is 0 Å². The van der Waals surface area contributed by atoms with Gasteiger partial charge in [-0.2, -0.15) is 0 Å². The van der Waals surface area contributed by atoms with Crippen LogP contribution < -0.4 is 0 Å². The van der Waals surface area contributed by atoms with E-state index in [1.807, 2.05) is 11.0 Å². The Kier molecular flexibility index (Phi) is 4.10. The predicted octanol–water partition coefficient (Wildman–Crippen LogP) is 3.64. The molecule has 0 spiro atoms. The van der Waals surface area contributed by atoms with E-state index in [1.54, 1.807) is 0 Å². The van der Waals surface area contributed by atoms with Gasteiger partial charge in [-0.3, -0.25) is 4.79 Å². The quantitative estimate of drug-likeness (QED) is 0.842. The molecule has 0 bridgehead atoms. The lowest BCUT2D eigenvalue weighted by molar-refractivity contribution is 0.0691. The van der Waals surface area contributed by atoms with Crippen molar-refractivity contribution in [2.75, 3.05) is 6.61 Å². The number of aromatic nitrogens is 1. The summed E-state index contributed by atoms with van der Waals surface area (Å²) in [6, 6.07) is 8.62. The molecular formula is C19H22N2O3. The summed E-state index contributed by atoms with van der Waals surface area (Å²) in [6.07, 6.45) is 5.23. The van der Waals surface area contributed by atoms with Crippen LogP contribution in [-0.2, 0) is 11.3 Å². The predicted molar refractivity (Wildman–Crippen MR) is 88.5 cm³/mol. The van der Waals surface area contributed by atoms with Crippen LogP contribution >= 0.6 is 0 Å². The number of nitrogens with zero attached hydrogens (tertiary/aromatic N) is 2. The van der Waals surface area contributed by atoms with Gasteiger partial charge in [-0.05, 0) is 38.2 Å². The minimum Gasteiger partial charge on any atom is -0.445 e. The fourth-order valence-corrected chi connectivity index (χ4v) is 3.32. The molecule has 0 N–H and O–H groups in total. The number of carbonyl (C=O) groups excluding carboxylic acids is 1. The van der Waals surface area contributed by atoms with Gasteiger partial charge in [0.05, 0.1) is 0 Å². The van der Waals surface area contributed by atoms with Crippen molar-refractivity contribution < 1.29 is 13.9 Å². The molecule has 2 heterocycles. The van der Waals surface area contributed by atoms with E-state index in [-0.39, 0.29) is 12.0 Å². The molecule has 1 saturated heterocycles. The second kappa shape index (κ2) is 6.40. The number of aryl methyl sites for hydroxylation is 1. The largest absolute Gasteiger partial charge is 0.445 e. The SMILES string of the molecule is Cc1cccc(CN(C(=O)c2ncoc2C2CCCO2)C2CC2)c1. The van der Waals surface area contributed by atoms with Gasteiger partial charge in [0.25, 0.3) is 5.91 Å². The molecule has 2 aromatic rings. The Labute approximate surface area is 141 Å². The van der Waals surface area contributed by atoms with Gasteiger partial charge in [0.1, 0.15) is 6.10 Å². The number of benzene rings is 1. The lowest BCUT2D eigenvalue weighted by atomic mass is 10.1. The molecule has 4 rings (SSSR count). The Morgan fingerprint density at radius 1 is 1.33 bits per heavy atom. The summed E-state index contributed by atoms with van der Waals surface area (Å²) in [5.74, 6) is 0.547.